The second kappa shape index (κ2) is 8.61. The van der Waals surface area contributed by atoms with Gasteiger partial charge in [0.15, 0.2) is 0 Å². The number of fused-ring (bicyclic) bond motifs is 1. The van der Waals surface area contributed by atoms with E-state index in [1.54, 1.807) is 48.5 Å². The minimum absolute atomic E-state index is 0.114. The van der Waals surface area contributed by atoms with Gasteiger partial charge in [-0.3, -0.25) is 14.6 Å². The van der Waals surface area contributed by atoms with Gasteiger partial charge in [-0.1, -0.05) is 30.3 Å². The number of nitrogens with one attached hydrogen (secondary N) is 1. The molecule has 0 fully saturated rings. The van der Waals surface area contributed by atoms with Gasteiger partial charge in [0.05, 0.1) is 20.1 Å². The number of amides is 1. The number of anilines is 1. The molecule has 0 atom stereocenters. The van der Waals surface area contributed by atoms with Crippen LogP contribution in [-0.4, -0.2) is 22.6 Å². The molecule has 0 aliphatic heterocycles. The summed E-state index contributed by atoms with van der Waals surface area (Å²) in [5.74, 6) is 0.496. The summed E-state index contributed by atoms with van der Waals surface area (Å²) in [6.45, 7) is 0.438. The molecule has 0 aliphatic carbocycles. The summed E-state index contributed by atoms with van der Waals surface area (Å²) in [6, 6.07) is 18.4. The van der Waals surface area contributed by atoms with Crippen LogP contribution < -0.4 is 15.6 Å². The van der Waals surface area contributed by atoms with E-state index in [-0.39, 0.29) is 17.9 Å². The Kier molecular flexibility index (Phi) is 5.57. The van der Waals surface area contributed by atoms with E-state index < -0.39 is 0 Å². The zero-order chi connectivity index (χ0) is 20.9. The zero-order valence-electron chi connectivity index (χ0n) is 16.5. The maximum atomic E-state index is 13.0. The van der Waals surface area contributed by atoms with Crippen molar-refractivity contribution >= 4 is 22.4 Å². The minimum atomic E-state index is -0.175. The number of benzene rings is 2. The van der Waals surface area contributed by atoms with Crippen LogP contribution in [0.4, 0.5) is 5.69 Å². The third-order valence-corrected chi connectivity index (χ3v) is 4.91. The predicted molar refractivity (Wildman–Crippen MR) is 117 cm³/mol. The van der Waals surface area contributed by atoms with Crippen LogP contribution in [0, 0.1) is 0 Å². The van der Waals surface area contributed by atoms with Crippen LogP contribution >= 0.6 is 0 Å². The normalized spacial score (nSPS) is 10.7. The van der Waals surface area contributed by atoms with Gasteiger partial charge in [-0.05, 0) is 35.9 Å². The summed E-state index contributed by atoms with van der Waals surface area (Å²) < 4.78 is 6.95. The number of rotatable bonds is 6. The molecule has 4 rings (SSSR count). The maximum absolute atomic E-state index is 13.0. The highest BCUT2D eigenvalue weighted by Crippen LogP contribution is 2.22. The highest BCUT2D eigenvalue weighted by atomic mass is 16.5. The van der Waals surface area contributed by atoms with Gasteiger partial charge in [0.25, 0.3) is 5.56 Å². The Morgan fingerprint density at radius 2 is 1.90 bits per heavy atom. The molecule has 2 heterocycles. The molecule has 2 aromatic carbocycles. The number of carbonyl (C=O) groups is 1. The number of nitrogens with zero attached hydrogens (tertiary/aromatic N) is 2. The summed E-state index contributed by atoms with van der Waals surface area (Å²) in [5.41, 5.74) is 2.24. The fourth-order valence-electron chi connectivity index (χ4n) is 3.46. The molecule has 6 nitrogen and oxygen atoms in total. The van der Waals surface area contributed by atoms with Crippen LogP contribution in [0.5, 0.6) is 5.75 Å². The highest BCUT2D eigenvalue weighted by Gasteiger charge is 2.12. The van der Waals surface area contributed by atoms with Gasteiger partial charge >= 0.3 is 0 Å². The zero-order valence-corrected chi connectivity index (χ0v) is 16.5. The molecule has 0 saturated heterocycles. The number of para-hydroxylation sites is 1. The summed E-state index contributed by atoms with van der Waals surface area (Å²) in [6.07, 6.45) is 5.36. The average molecular weight is 399 g/mol. The summed E-state index contributed by atoms with van der Waals surface area (Å²) in [4.78, 5) is 29.7. The number of ether oxygens (including phenoxy) is 1. The molecule has 4 aromatic rings. The first-order chi connectivity index (χ1) is 14.7. The lowest BCUT2D eigenvalue weighted by Gasteiger charge is -2.12. The first kappa shape index (κ1) is 19.4. The fourth-order valence-corrected chi connectivity index (χ4v) is 3.46. The second-order valence-electron chi connectivity index (χ2n) is 6.91. The van der Waals surface area contributed by atoms with Crippen LogP contribution in [0.1, 0.15) is 11.1 Å². The molecule has 2 aromatic heterocycles. The van der Waals surface area contributed by atoms with Crippen LogP contribution in [0.15, 0.2) is 84.0 Å². The number of methoxy groups -OCH3 is 1. The van der Waals surface area contributed by atoms with Crippen molar-refractivity contribution in [1.29, 1.82) is 0 Å². The smallest absolute Gasteiger partial charge is 0.258 e. The molecule has 1 N–H and O–H groups in total. The van der Waals surface area contributed by atoms with Gasteiger partial charge in [-0.15, -0.1) is 0 Å². The molecule has 0 saturated carbocycles. The molecule has 1 amide bonds. The molecule has 0 unspecified atom stereocenters. The van der Waals surface area contributed by atoms with Gasteiger partial charge in [0, 0.05) is 40.6 Å². The van der Waals surface area contributed by atoms with E-state index in [9.17, 15) is 9.59 Å². The van der Waals surface area contributed by atoms with Crippen LogP contribution in [0.25, 0.3) is 10.8 Å². The quantitative estimate of drug-likeness (QED) is 0.537. The fraction of sp³-hybridized carbons (Fsp3) is 0.125. The molecular formula is C24H21N3O3. The van der Waals surface area contributed by atoms with Gasteiger partial charge in [0.2, 0.25) is 5.91 Å². The average Bonchev–Trinajstić information content (AvgIpc) is 2.77. The summed E-state index contributed by atoms with van der Waals surface area (Å²) >= 11 is 0. The maximum Gasteiger partial charge on any atom is 0.258 e. The van der Waals surface area contributed by atoms with E-state index in [1.165, 1.54) is 0 Å². The Bertz CT molecular complexity index is 1250. The second-order valence-corrected chi connectivity index (χ2v) is 6.91. The molecule has 0 bridgehead atoms. The summed E-state index contributed by atoms with van der Waals surface area (Å²) in [7, 11) is 1.58. The Morgan fingerprint density at radius 3 is 2.70 bits per heavy atom. The van der Waals surface area contributed by atoms with Gasteiger partial charge in [-0.2, -0.15) is 0 Å². The first-order valence-corrected chi connectivity index (χ1v) is 9.58. The molecule has 0 spiro atoms. The lowest BCUT2D eigenvalue weighted by atomic mass is 10.1. The number of aromatic nitrogens is 2. The van der Waals surface area contributed by atoms with E-state index in [0.717, 1.165) is 11.1 Å². The Morgan fingerprint density at radius 1 is 1.03 bits per heavy atom. The van der Waals surface area contributed by atoms with Gasteiger partial charge in [-0.25, -0.2) is 0 Å². The van der Waals surface area contributed by atoms with Crippen molar-refractivity contribution < 1.29 is 9.53 Å². The van der Waals surface area contributed by atoms with E-state index >= 15 is 0 Å². The molecule has 0 radical (unpaired) electrons. The predicted octanol–water partition coefficient (Wildman–Crippen LogP) is 3.63. The van der Waals surface area contributed by atoms with E-state index in [0.29, 0.717) is 28.8 Å². The number of hydrogen-bond donors (Lipinski definition) is 1. The van der Waals surface area contributed by atoms with Gasteiger partial charge in [0.1, 0.15) is 5.75 Å². The molecular weight excluding hydrogens is 378 g/mol. The monoisotopic (exact) mass is 399 g/mol. The van der Waals surface area contributed by atoms with E-state index in [1.807, 2.05) is 42.5 Å². The van der Waals surface area contributed by atoms with Crippen LogP contribution in [0.2, 0.25) is 0 Å². The van der Waals surface area contributed by atoms with Crippen LogP contribution in [0.3, 0.4) is 0 Å². The van der Waals surface area contributed by atoms with Crippen molar-refractivity contribution in [2.45, 2.75) is 13.0 Å². The molecule has 0 aliphatic rings. The lowest BCUT2D eigenvalue weighted by Crippen LogP contribution is -2.21. The van der Waals surface area contributed by atoms with Gasteiger partial charge < -0.3 is 14.6 Å². The van der Waals surface area contributed by atoms with Crippen LogP contribution in [-0.2, 0) is 17.8 Å². The van der Waals surface area contributed by atoms with E-state index in [4.69, 9.17) is 4.74 Å². The van der Waals surface area contributed by atoms with E-state index in [2.05, 4.69) is 10.3 Å². The van der Waals surface area contributed by atoms with Crippen molar-refractivity contribution in [3.8, 4) is 5.75 Å². The third kappa shape index (κ3) is 4.07. The number of pyridine rings is 2. The highest BCUT2D eigenvalue weighted by molar-refractivity contribution is 6.02. The van der Waals surface area contributed by atoms with Crippen molar-refractivity contribution in [2.24, 2.45) is 0 Å². The molecule has 6 heteroatoms. The third-order valence-electron chi connectivity index (χ3n) is 4.91. The topological polar surface area (TPSA) is 73.2 Å². The minimum Gasteiger partial charge on any atom is -0.496 e. The summed E-state index contributed by atoms with van der Waals surface area (Å²) in [5, 5.41) is 4.19. The Labute approximate surface area is 173 Å². The Balaban J connectivity index is 1.60. The number of carbonyl (C=O) groups excluding carboxylic acids is 1. The largest absolute Gasteiger partial charge is 0.496 e. The van der Waals surface area contributed by atoms with Crippen molar-refractivity contribution in [3.63, 3.8) is 0 Å². The van der Waals surface area contributed by atoms with Crippen molar-refractivity contribution in [2.75, 3.05) is 12.4 Å². The Hall–Kier alpha value is -3.93. The first-order valence-electron chi connectivity index (χ1n) is 9.58. The van der Waals surface area contributed by atoms with Crippen molar-refractivity contribution in [3.05, 3.63) is 101 Å². The number of hydrogen-bond acceptors (Lipinski definition) is 4. The lowest BCUT2D eigenvalue weighted by molar-refractivity contribution is -0.115. The SMILES string of the molecule is COc1ccccc1CC(=O)Nc1cccc2c(=O)n(Cc3cccnc3)ccc12. The molecule has 30 heavy (non-hydrogen) atoms. The standard InChI is InChI=1S/C24H21N3O3/c1-30-22-10-3-2-7-18(22)14-23(28)26-21-9-4-8-20-19(21)11-13-27(24(20)29)16-17-6-5-12-25-15-17/h2-13,15H,14,16H2,1H3,(H,26,28). The molecule has 150 valence electrons. The van der Waals surface area contributed by atoms with Crippen molar-refractivity contribution in [1.82, 2.24) is 9.55 Å².